The average Bonchev–Trinajstić information content (AvgIpc) is 2.79. The molecule has 38 heavy (non-hydrogen) atoms. The van der Waals surface area contributed by atoms with Crippen molar-refractivity contribution in [1.29, 1.82) is 0 Å². The molecule has 0 aliphatic rings. The van der Waals surface area contributed by atoms with E-state index in [1.807, 2.05) is 6.66 Å². The van der Waals surface area contributed by atoms with Crippen LogP contribution < -0.4 is 0 Å². The number of carbonyl (C=O) groups excluding carboxylic acids is 3. The third-order valence-corrected chi connectivity index (χ3v) is 17.0. The first-order chi connectivity index (χ1) is 17.9. The summed E-state index contributed by atoms with van der Waals surface area (Å²) in [5, 5.41) is -1.32. The van der Waals surface area contributed by atoms with Crippen LogP contribution in [0.4, 0.5) is 14.4 Å². The fraction of sp³-hybridized carbons (Fsp3) is 0.893. The molecule has 0 aromatic heterocycles. The van der Waals surface area contributed by atoms with Crippen LogP contribution in [0.2, 0.25) is 0 Å². The monoisotopic (exact) mass is 614 g/mol. The summed E-state index contributed by atoms with van der Waals surface area (Å²) < 4.78 is 16.3. The molecule has 0 bridgehead atoms. The quantitative estimate of drug-likeness (QED) is 0.0543. The zero-order valence-corrected chi connectivity index (χ0v) is 28.5. The van der Waals surface area contributed by atoms with Crippen LogP contribution in [-0.4, -0.2) is 42.4 Å². The predicted molar refractivity (Wildman–Crippen MR) is 171 cm³/mol. The molecule has 0 atom stereocenters. The molecule has 0 radical (unpaired) electrons. The Kier molecular flexibility index (Phi) is 23.5. The Bertz CT molecular complexity index is 562. The van der Waals surface area contributed by atoms with Gasteiger partial charge in [-0.3, -0.25) is 0 Å². The van der Waals surface area contributed by atoms with E-state index in [0.717, 1.165) is 91.9 Å². The number of hydrogen-bond donors (Lipinski definition) is 0. The van der Waals surface area contributed by atoms with Gasteiger partial charge in [-0.05, 0) is 0 Å². The number of unbranched alkanes of at least 4 members (excludes halogenated alkanes) is 6. The molecule has 0 fully saturated rings. The topological polar surface area (TPSA) is 78.9 Å². The van der Waals surface area contributed by atoms with Crippen LogP contribution in [0.3, 0.4) is 0 Å². The van der Waals surface area contributed by atoms with E-state index in [2.05, 4.69) is 41.5 Å². The molecule has 0 unspecified atom stereocenters. The van der Waals surface area contributed by atoms with Crippen LogP contribution in [0.25, 0.3) is 0 Å². The minimum atomic E-state index is -2.88. The number of carbonyl (C=O) groups is 3. The normalized spacial score (nSPS) is 12.3. The van der Waals surface area contributed by atoms with Gasteiger partial charge in [-0.25, -0.2) is 0 Å². The van der Waals surface area contributed by atoms with Gasteiger partial charge in [0.1, 0.15) is 0 Å². The number of rotatable bonds is 21. The molecule has 0 N–H and O–H groups in total. The van der Waals surface area contributed by atoms with Crippen LogP contribution in [0.1, 0.15) is 119 Å². The van der Waals surface area contributed by atoms with Gasteiger partial charge in [-0.2, -0.15) is 0 Å². The summed E-state index contributed by atoms with van der Waals surface area (Å²) in [6.45, 7) is 16.1. The Morgan fingerprint density at radius 3 is 1.00 bits per heavy atom. The van der Waals surface area contributed by atoms with Crippen LogP contribution in [-0.2, 0) is 14.2 Å². The Morgan fingerprint density at radius 2 is 0.763 bits per heavy atom. The van der Waals surface area contributed by atoms with Gasteiger partial charge >= 0.3 is 246 Å². The SMILES string of the molecule is CC(C)CCCCCOC(=O)S[PH](C)(SC(=O)OCCCCCC(C)C)SC(=O)OCCCCCC(C)C. The van der Waals surface area contributed by atoms with Gasteiger partial charge in [0.25, 0.3) is 0 Å². The second-order valence-electron chi connectivity index (χ2n) is 11.2. The van der Waals surface area contributed by atoms with Crippen LogP contribution in [0.5, 0.6) is 0 Å². The van der Waals surface area contributed by atoms with Crippen molar-refractivity contribution in [3.63, 3.8) is 0 Å². The molecule has 0 saturated carbocycles. The van der Waals surface area contributed by atoms with Crippen molar-refractivity contribution in [2.45, 2.75) is 119 Å². The Morgan fingerprint density at radius 1 is 0.500 bits per heavy atom. The molecular weight excluding hydrogens is 559 g/mol. The van der Waals surface area contributed by atoms with E-state index in [0.29, 0.717) is 37.6 Å². The molecule has 6 nitrogen and oxygen atoms in total. The summed E-state index contributed by atoms with van der Waals surface area (Å²) >= 11 is 2.93. The van der Waals surface area contributed by atoms with Gasteiger partial charge in [0.05, 0.1) is 0 Å². The molecule has 226 valence electrons. The molecular formula is C28H55O6PS3. The third-order valence-electron chi connectivity index (χ3n) is 5.74. The number of ether oxygens (including phenoxy) is 3. The molecule has 0 rings (SSSR count). The van der Waals surface area contributed by atoms with Gasteiger partial charge in [-0.15, -0.1) is 0 Å². The molecule has 0 spiro atoms. The van der Waals surface area contributed by atoms with Crippen molar-refractivity contribution in [1.82, 2.24) is 0 Å². The molecule has 0 aliphatic carbocycles. The second-order valence-corrected chi connectivity index (χ2v) is 26.0. The van der Waals surface area contributed by atoms with Crippen molar-refractivity contribution < 1.29 is 28.6 Å². The summed E-state index contributed by atoms with van der Waals surface area (Å²) in [5.41, 5.74) is 0. The Balaban J connectivity index is 4.68. The zero-order chi connectivity index (χ0) is 28.8. The summed E-state index contributed by atoms with van der Waals surface area (Å²) in [4.78, 5) is 34.9. The van der Waals surface area contributed by atoms with Crippen molar-refractivity contribution >= 4 is 54.9 Å². The summed E-state index contributed by atoms with van der Waals surface area (Å²) in [5.74, 6) is 2.02. The van der Waals surface area contributed by atoms with Gasteiger partial charge in [0, 0.05) is 0 Å². The molecule has 0 amide bonds. The van der Waals surface area contributed by atoms with E-state index in [1.165, 1.54) is 19.3 Å². The zero-order valence-electron chi connectivity index (χ0n) is 25.0. The maximum absolute atomic E-state index is 12.6. The van der Waals surface area contributed by atoms with E-state index in [-0.39, 0.29) is 0 Å². The van der Waals surface area contributed by atoms with Crippen LogP contribution in [0.15, 0.2) is 0 Å². The van der Waals surface area contributed by atoms with Crippen molar-refractivity contribution in [3.05, 3.63) is 0 Å². The first kappa shape index (κ1) is 37.9. The van der Waals surface area contributed by atoms with Crippen molar-refractivity contribution in [3.8, 4) is 0 Å². The van der Waals surface area contributed by atoms with Gasteiger partial charge in [0.15, 0.2) is 0 Å². The Hall–Kier alpha value is -0.110. The van der Waals surface area contributed by atoms with E-state index >= 15 is 0 Å². The van der Waals surface area contributed by atoms with E-state index in [9.17, 15) is 14.4 Å². The van der Waals surface area contributed by atoms with Crippen molar-refractivity contribution in [2.75, 3.05) is 26.5 Å². The Labute approximate surface area is 245 Å². The molecule has 0 aromatic carbocycles. The minimum absolute atomic E-state index is 0.353. The fourth-order valence-electron chi connectivity index (χ4n) is 3.57. The van der Waals surface area contributed by atoms with E-state index in [1.54, 1.807) is 0 Å². The molecule has 0 aromatic rings. The molecule has 0 saturated heterocycles. The van der Waals surface area contributed by atoms with Crippen LogP contribution in [0, 0.1) is 17.8 Å². The van der Waals surface area contributed by atoms with E-state index < -0.39 is 20.8 Å². The average molecular weight is 615 g/mol. The molecule has 10 heteroatoms. The molecule has 0 aliphatic heterocycles. The summed E-state index contributed by atoms with van der Waals surface area (Å²) in [6.07, 6.45) is 12.3. The van der Waals surface area contributed by atoms with Crippen LogP contribution >= 0.6 is 39.0 Å². The first-order valence-corrected chi connectivity index (χ1v) is 21.6. The first-order valence-electron chi connectivity index (χ1n) is 14.5. The summed E-state index contributed by atoms with van der Waals surface area (Å²) in [6, 6.07) is 0. The standard InChI is InChI=1S/C28H55O6PS3/c1-23(2)17-11-8-14-20-32-26(29)36-35(7,37-27(30)33-21-15-9-12-18-24(3)4)38-28(31)34-22-16-10-13-19-25(5)6/h23-25,35H,8-22H2,1-7H3. The predicted octanol–water partition coefficient (Wildman–Crippen LogP) is 11.4. The van der Waals surface area contributed by atoms with Crippen molar-refractivity contribution in [2.24, 2.45) is 17.8 Å². The fourth-order valence-corrected chi connectivity index (χ4v) is 13.5. The third kappa shape index (κ3) is 24.9. The number of hydrogen-bond acceptors (Lipinski definition) is 9. The molecule has 0 heterocycles. The second kappa shape index (κ2) is 23.6. The van der Waals surface area contributed by atoms with Gasteiger partial charge < -0.3 is 0 Å². The summed E-state index contributed by atoms with van der Waals surface area (Å²) in [7, 11) is 0. The van der Waals surface area contributed by atoms with Gasteiger partial charge in [0.2, 0.25) is 0 Å². The van der Waals surface area contributed by atoms with Gasteiger partial charge in [-0.1, -0.05) is 0 Å². The maximum atomic E-state index is 12.6. The van der Waals surface area contributed by atoms with E-state index in [4.69, 9.17) is 14.2 Å².